The number of carbonyl (C=O) groups is 2. The molecule has 1 heterocycles. The Morgan fingerprint density at radius 1 is 1.33 bits per heavy atom. The van der Waals surface area contributed by atoms with Gasteiger partial charge in [-0.05, 0) is 25.9 Å². The van der Waals surface area contributed by atoms with Crippen LogP contribution in [0.1, 0.15) is 19.3 Å². The van der Waals surface area contributed by atoms with Crippen LogP contribution in [0.2, 0.25) is 0 Å². The lowest BCUT2D eigenvalue weighted by Crippen LogP contribution is -2.40. The van der Waals surface area contributed by atoms with Crippen molar-refractivity contribution in [2.24, 2.45) is 0 Å². The van der Waals surface area contributed by atoms with E-state index in [1.807, 2.05) is 0 Å². The molecule has 0 atom stereocenters. The molecule has 0 unspecified atom stereocenters. The first kappa shape index (κ1) is 14.9. The molecule has 1 aliphatic rings. The Morgan fingerprint density at radius 3 is 2.83 bits per heavy atom. The van der Waals surface area contributed by atoms with Crippen molar-refractivity contribution in [3.63, 3.8) is 0 Å². The highest BCUT2D eigenvalue weighted by Crippen LogP contribution is 1.99. The molecule has 2 N–H and O–H groups in total. The summed E-state index contributed by atoms with van der Waals surface area (Å²) in [5, 5.41) is 11.8. The van der Waals surface area contributed by atoms with Crippen molar-refractivity contribution in [3.8, 4) is 0 Å². The van der Waals surface area contributed by atoms with Crippen molar-refractivity contribution in [2.75, 3.05) is 46.3 Å². The van der Waals surface area contributed by atoms with E-state index in [0.717, 1.165) is 32.6 Å². The molecule has 18 heavy (non-hydrogen) atoms. The van der Waals surface area contributed by atoms with E-state index < -0.39 is 5.97 Å². The maximum absolute atomic E-state index is 11.9. The van der Waals surface area contributed by atoms with Gasteiger partial charge in [0, 0.05) is 33.1 Å². The third-order valence-electron chi connectivity index (χ3n) is 3.10. The summed E-state index contributed by atoms with van der Waals surface area (Å²) in [6, 6.07) is 0. The normalized spacial score (nSPS) is 17.2. The van der Waals surface area contributed by atoms with Crippen LogP contribution < -0.4 is 5.32 Å². The van der Waals surface area contributed by atoms with Crippen molar-refractivity contribution in [1.29, 1.82) is 0 Å². The van der Waals surface area contributed by atoms with Gasteiger partial charge < -0.3 is 15.3 Å². The van der Waals surface area contributed by atoms with Gasteiger partial charge in [0.2, 0.25) is 5.91 Å². The summed E-state index contributed by atoms with van der Waals surface area (Å²) in [7, 11) is 1.74. The van der Waals surface area contributed by atoms with Gasteiger partial charge in [-0.2, -0.15) is 0 Å². The lowest BCUT2D eigenvalue weighted by atomic mass is 10.3. The smallest absolute Gasteiger partial charge is 0.303 e. The highest BCUT2D eigenvalue weighted by atomic mass is 16.4. The van der Waals surface area contributed by atoms with Crippen LogP contribution in [-0.4, -0.2) is 73.1 Å². The van der Waals surface area contributed by atoms with Crippen molar-refractivity contribution in [1.82, 2.24) is 15.1 Å². The van der Waals surface area contributed by atoms with E-state index in [-0.39, 0.29) is 12.3 Å². The molecule has 1 fully saturated rings. The number of rotatable bonds is 6. The molecule has 0 aliphatic carbocycles. The van der Waals surface area contributed by atoms with Crippen LogP contribution >= 0.6 is 0 Å². The third-order valence-corrected chi connectivity index (χ3v) is 3.10. The molecule has 1 amide bonds. The standard InChI is InChI=1S/C12H23N3O3/c1-14(7-2-4-12(17)18)11(16)10-15-8-3-5-13-6-9-15/h13H,2-10H2,1H3,(H,17,18). The van der Waals surface area contributed by atoms with E-state index in [2.05, 4.69) is 10.2 Å². The SMILES string of the molecule is CN(CCCC(=O)O)C(=O)CN1CCCNCC1. The molecule has 6 heteroatoms. The number of aliphatic carboxylic acids is 1. The van der Waals surface area contributed by atoms with Gasteiger partial charge in [-0.1, -0.05) is 0 Å². The van der Waals surface area contributed by atoms with Gasteiger partial charge in [-0.25, -0.2) is 0 Å². The lowest BCUT2D eigenvalue weighted by molar-refractivity contribution is -0.138. The number of hydrogen-bond donors (Lipinski definition) is 2. The molecule has 104 valence electrons. The van der Waals surface area contributed by atoms with Crippen LogP contribution in [0.5, 0.6) is 0 Å². The molecule has 1 saturated heterocycles. The van der Waals surface area contributed by atoms with Crippen molar-refractivity contribution in [3.05, 3.63) is 0 Å². The minimum Gasteiger partial charge on any atom is -0.481 e. The first-order valence-electron chi connectivity index (χ1n) is 6.48. The van der Waals surface area contributed by atoms with Gasteiger partial charge in [0.25, 0.3) is 0 Å². The summed E-state index contributed by atoms with van der Waals surface area (Å²) in [5.74, 6) is -0.739. The summed E-state index contributed by atoms with van der Waals surface area (Å²) >= 11 is 0. The molecule has 0 saturated carbocycles. The van der Waals surface area contributed by atoms with Gasteiger partial charge >= 0.3 is 5.97 Å². The first-order chi connectivity index (χ1) is 8.59. The number of likely N-dealkylation sites (N-methyl/N-ethyl adjacent to an activating group) is 1. The van der Waals surface area contributed by atoms with Crippen LogP contribution in [0.15, 0.2) is 0 Å². The summed E-state index contributed by atoms with van der Waals surface area (Å²) in [6.07, 6.45) is 1.69. The molecule has 0 spiro atoms. The average Bonchev–Trinajstić information content (AvgIpc) is 2.57. The van der Waals surface area contributed by atoms with Crippen molar-refractivity contribution in [2.45, 2.75) is 19.3 Å². The largest absolute Gasteiger partial charge is 0.481 e. The molecule has 1 rings (SSSR count). The zero-order chi connectivity index (χ0) is 13.4. The monoisotopic (exact) mass is 257 g/mol. The summed E-state index contributed by atoms with van der Waals surface area (Å²) < 4.78 is 0. The molecule has 0 aromatic carbocycles. The fourth-order valence-electron chi connectivity index (χ4n) is 1.96. The van der Waals surface area contributed by atoms with E-state index in [4.69, 9.17) is 5.11 Å². The third kappa shape index (κ3) is 5.97. The Bertz CT molecular complexity index is 276. The summed E-state index contributed by atoms with van der Waals surface area (Å²) in [4.78, 5) is 26.1. The molecular formula is C12H23N3O3. The zero-order valence-corrected chi connectivity index (χ0v) is 11.0. The molecule has 0 aromatic rings. The second-order valence-electron chi connectivity index (χ2n) is 4.69. The number of carbonyl (C=O) groups excluding carboxylic acids is 1. The second kappa shape index (κ2) is 8.05. The Balaban J connectivity index is 2.23. The van der Waals surface area contributed by atoms with Gasteiger partial charge in [-0.15, -0.1) is 0 Å². The topological polar surface area (TPSA) is 72.9 Å². The predicted molar refractivity (Wildman–Crippen MR) is 68.4 cm³/mol. The predicted octanol–water partition coefficient (Wildman–Crippen LogP) is -0.395. The lowest BCUT2D eigenvalue weighted by Gasteiger charge is -2.23. The molecular weight excluding hydrogens is 234 g/mol. The Morgan fingerprint density at radius 2 is 2.11 bits per heavy atom. The molecule has 0 bridgehead atoms. The first-order valence-corrected chi connectivity index (χ1v) is 6.48. The van der Waals surface area contributed by atoms with E-state index in [1.165, 1.54) is 0 Å². The van der Waals surface area contributed by atoms with Crippen LogP contribution in [-0.2, 0) is 9.59 Å². The molecule has 6 nitrogen and oxygen atoms in total. The second-order valence-corrected chi connectivity index (χ2v) is 4.69. The molecule has 0 aromatic heterocycles. The fourth-order valence-corrected chi connectivity index (χ4v) is 1.96. The van der Waals surface area contributed by atoms with E-state index in [9.17, 15) is 9.59 Å². The number of carboxylic acid groups (broad SMARTS) is 1. The van der Waals surface area contributed by atoms with Crippen LogP contribution in [0.3, 0.4) is 0 Å². The number of nitrogens with zero attached hydrogens (tertiary/aromatic N) is 2. The van der Waals surface area contributed by atoms with E-state index in [0.29, 0.717) is 19.5 Å². The highest BCUT2D eigenvalue weighted by Gasteiger charge is 2.15. The summed E-state index contributed by atoms with van der Waals surface area (Å²) in [6.45, 7) is 4.73. The fraction of sp³-hybridized carbons (Fsp3) is 0.833. The van der Waals surface area contributed by atoms with E-state index >= 15 is 0 Å². The van der Waals surface area contributed by atoms with Crippen molar-refractivity contribution >= 4 is 11.9 Å². The van der Waals surface area contributed by atoms with Gasteiger partial charge in [0.15, 0.2) is 0 Å². The Labute approximate surface area is 108 Å². The van der Waals surface area contributed by atoms with Gasteiger partial charge in [0.05, 0.1) is 6.54 Å². The van der Waals surface area contributed by atoms with Crippen molar-refractivity contribution < 1.29 is 14.7 Å². The average molecular weight is 257 g/mol. The maximum atomic E-state index is 11.9. The number of amides is 1. The molecule has 0 radical (unpaired) electrons. The number of hydrogen-bond acceptors (Lipinski definition) is 4. The van der Waals surface area contributed by atoms with Crippen LogP contribution in [0.25, 0.3) is 0 Å². The quantitative estimate of drug-likeness (QED) is 0.678. The van der Waals surface area contributed by atoms with Crippen LogP contribution in [0, 0.1) is 0 Å². The van der Waals surface area contributed by atoms with Crippen LogP contribution in [0.4, 0.5) is 0 Å². The highest BCUT2D eigenvalue weighted by molar-refractivity contribution is 5.78. The Hall–Kier alpha value is -1.14. The number of nitrogens with one attached hydrogen (secondary N) is 1. The van der Waals surface area contributed by atoms with Gasteiger partial charge in [-0.3, -0.25) is 14.5 Å². The minimum atomic E-state index is -0.811. The summed E-state index contributed by atoms with van der Waals surface area (Å²) in [5.41, 5.74) is 0. The van der Waals surface area contributed by atoms with E-state index in [1.54, 1.807) is 11.9 Å². The number of carboxylic acids is 1. The Kier molecular flexibility index (Phi) is 6.67. The molecule has 1 aliphatic heterocycles. The van der Waals surface area contributed by atoms with Gasteiger partial charge in [0.1, 0.15) is 0 Å². The minimum absolute atomic E-state index is 0.0716. The maximum Gasteiger partial charge on any atom is 0.303 e. The zero-order valence-electron chi connectivity index (χ0n) is 11.0.